The first-order valence-corrected chi connectivity index (χ1v) is 0. The van der Waals surface area contributed by atoms with Crippen molar-refractivity contribution in [1.82, 2.24) is 0 Å². The summed E-state index contributed by atoms with van der Waals surface area (Å²) in [5.41, 5.74) is 0. The molecule has 0 aromatic carbocycles. The Labute approximate surface area is 111 Å². The van der Waals surface area contributed by atoms with Gasteiger partial charge in [0, 0.05) is 0 Å². The van der Waals surface area contributed by atoms with Gasteiger partial charge in [-0.05, 0) is 0 Å². The van der Waals surface area contributed by atoms with Crippen LogP contribution in [0.25, 0.3) is 0 Å². The number of hydrogen-bond acceptors (Lipinski definition) is 0. The van der Waals surface area contributed by atoms with Crippen LogP contribution in [0.5, 0.6) is 0 Å². The summed E-state index contributed by atoms with van der Waals surface area (Å²) in [4.78, 5) is 0. The molecule has 0 radical (unpaired) electrons. The van der Waals surface area contributed by atoms with Gasteiger partial charge in [-0.2, -0.15) is 0 Å². The summed E-state index contributed by atoms with van der Waals surface area (Å²) >= 11 is 0. The molecule has 16 valence electrons. The molecule has 0 rings (SSSR count). The topological polar surface area (TPSA) is 0 Å². The summed E-state index contributed by atoms with van der Waals surface area (Å²) in [5.74, 6) is 0. The Kier molecular flexibility index (Phi) is 107. The second-order valence-electron chi connectivity index (χ2n) is 0. The van der Waals surface area contributed by atoms with E-state index in [2.05, 4.69) is 0 Å². The number of hydrogen-bond donors (Lipinski definition) is 0. The Hall–Kier alpha value is 3.36. The van der Waals surface area contributed by atoms with Crippen LogP contribution in [-0.4, -0.2) is 97.8 Å². The van der Waals surface area contributed by atoms with Crippen LogP contribution in [0.4, 0.5) is 0 Å². The van der Waals surface area contributed by atoms with E-state index in [1.807, 2.05) is 0 Å². The van der Waals surface area contributed by atoms with Crippen LogP contribution in [0.2, 0.25) is 0 Å². The maximum atomic E-state index is 0. The molecule has 0 aromatic rings. The zero-order chi connectivity index (χ0) is 0. The molecule has 0 heterocycles. The van der Waals surface area contributed by atoms with Crippen molar-refractivity contribution in [3.8, 4) is 0 Å². The van der Waals surface area contributed by atoms with E-state index in [9.17, 15) is 0 Å². The van der Waals surface area contributed by atoms with Crippen LogP contribution in [0, 0.1) is 0 Å². The number of rotatable bonds is 0. The van der Waals surface area contributed by atoms with Gasteiger partial charge in [-0.15, -0.1) is 0 Å². The quantitative estimate of drug-likeness (QED) is 0.388. The summed E-state index contributed by atoms with van der Waals surface area (Å²) in [7, 11) is 0. The van der Waals surface area contributed by atoms with Gasteiger partial charge in [-0.25, -0.2) is 0 Å². The van der Waals surface area contributed by atoms with Crippen LogP contribution in [0.15, 0.2) is 0 Å². The van der Waals surface area contributed by atoms with Gasteiger partial charge in [0.25, 0.3) is 0 Å². The zero-order valence-corrected chi connectivity index (χ0v) is 11.8. The molecule has 0 spiro atoms. The van der Waals surface area contributed by atoms with Crippen molar-refractivity contribution in [2.75, 3.05) is 0 Å². The van der Waals surface area contributed by atoms with Crippen LogP contribution in [-0.2, 0) is 0 Å². The molecule has 0 amide bonds. The summed E-state index contributed by atoms with van der Waals surface area (Å²) in [5, 5.41) is 0. The van der Waals surface area contributed by atoms with Gasteiger partial charge in [-0.3, -0.25) is 0 Å². The molecule has 0 aromatic heterocycles. The van der Waals surface area contributed by atoms with E-state index >= 15 is 0 Å². The Morgan fingerprint density at radius 3 is 0.750 bits per heavy atom. The second kappa shape index (κ2) is 16.2. The maximum absolute atomic E-state index is 0. The van der Waals surface area contributed by atoms with E-state index in [1.54, 1.807) is 0 Å². The minimum Gasteiger partial charge on any atom is -1.00 e. The Balaban J connectivity index is 0. The number of halogens is 2. The molecule has 0 saturated carbocycles. The van der Waals surface area contributed by atoms with Gasteiger partial charge in [0.15, 0.2) is 0 Å². The van der Waals surface area contributed by atoms with E-state index in [1.165, 1.54) is 0 Å². The molecule has 0 nitrogen and oxygen atoms in total. The molecule has 0 aliphatic carbocycles. The van der Waals surface area contributed by atoms with Crippen molar-refractivity contribution in [2.45, 2.75) is 0 Å². The van der Waals surface area contributed by atoms with Crippen molar-refractivity contribution < 1.29 is 17.1 Å². The average Bonchev–Trinajstić information content (AvgIpc) is 0. The molecule has 0 unspecified atom stereocenters. The van der Waals surface area contributed by atoms with Crippen molar-refractivity contribution >= 4 is 97.8 Å². The molecule has 0 aliphatic rings. The molecule has 0 fully saturated rings. The standard InChI is InChI=1S/2Ba.ClH.FH/h;;2*1H/q2*+2;;/p-2. The van der Waals surface area contributed by atoms with Crippen molar-refractivity contribution in [1.29, 1.82) is 0 Å². The minimum atomic E-state index is 0. The van der Waals surface area contributed by atoms with Gasteiger partial charge >= 0.3 is 97.8 Å². The third kappa shape index (κ3) is 9.03. The van der Waals surface area contributed by atoms with Crippen LogP contribution < -0.4 is 17.1 Å². The fraction of sp³-hybridized carbons (Fsp3) is 0. The zero-order valence-electron chi connectivity index (χ0n) is 2.17. The van der Waals surface area contributed by atoms with Gasteiger partial charge in [0.1, 0.15) is 0 Å². The molecular weight excluding hydrogens is 329 g/mol. The predicted molar refractivity (Wildman–Crippen MR) is 11.5 cm³/mol. The molecular formula is Ba2ClF+2. The molecule has 0 atom stereocenters. The fourth-order valence-electron chi connectivity index (χ4n) is 0. The molecule has 0 saturated heterocycles. The third-order valence-electron chi connectivity index (χ3n) is 0. The molecule has 0 bridgehead atoms. The van der Waals surface area contributed by atoms with Crippen LogP contribution in [0.1, 0.15) is 0 Å². The minimum absolute atomic E-state index is 0. The maximum Gasteiger partial charge on any atom is 2.00 e. The van der Waals surface area contributed by atoms with E-state index in [4.69, 9.17) is 0 Å². The van der Waals surface area contributed by atoms with E-state index in [-0.39, 0.29) is 115 Å². The first-order chi connectivity index (χ1) is 0. The third-order valence-corrected chi connectivity index (χ3v) is 0. The molecule has 4 heavy (non-hydrogen) atoms. The second-order valence-corrected chi connectivity index (χ2v) is 0. The van der Waals surface area contributed by atoms with Crippen LogP contribution in [0.3, 0.4) is 0 Å². The van der Waals surface area contributed by atoms with Gasteiger partial charge in [-0.1, -0.05) is 0 Å². The van der Waals surface area contributed by atoms with Crippen LogP contribution >= 0.6 is 0 Å². The molecule has 0 aliphatic heterocycles. The Morgan fingerprint density at radius 1 is 0.750 bits per heavy atom. The van der Waals surface area contributed by atoms with E-state index in [0.717, 1.165) is 0 Å². The van der Waals surface area contributed by atoms with Gasteiger partial charge < -0.3 is 17.1 Å². The average molecular weight is 329 g/mol. The smallest absolute Gasteiger partial charge is 1.00 e. The summed E-state index contributed by atoms with van der Waals surface area (Å²) in [6.45, 7) is 0. The summed E-state index contributed by atoms with van der Waals surface area (Å²) in [6.07, 6.45) is 0. The monoisotopic (exact) mass is 330 g/mol. The van der Waals surface area contributed by atoms with E-state index < -0.39 is 0 Å². The van der Waals surface area contributed by atoms with Crippen molar-refractivity contribution in [3.63, 3.8) is 0 Å². The summed E-state index contributed by atoms with van der Waals surface area (Å²) in [6, 6.07) is 0. The Bertz CT molecular complexity index is 6.00. The predicted octanol–water partition coefficient (Wildman–Crippen LogP) is -6.75. The summed E-state index contributed by atoms with van der Waals surface area (Å²) < 4.78 is 0. The fourth-order valence-corrected chi connectivity index (χ4v) is 0. The SMILES string of the molecule is [Ba+2].[Ba+2].[Cl-].[F-]. The molecule has 4 heteroatoms. The normalized spacial score (nSPS) is 0. The first-order valence-electron chi connectivity index (χ1n) is 0. The van der Waals surface area contributed by atoms with Crippen molar-refractivity contribution in [2.24, 2.45) is 0 Å². The molecule has 0 N–H and O–H groups in total. The van der Waals surface area contributed by atoms with Gasteiger partial charge in [0.2, 0.25) is 0 Å². The van der Waals surface area contributed by atoms with Gasteiger partial charge in [0.05, 0.1) is 0 Å². The Morgan fingerprint density at radius 2 is 0.750 bits per heavy atom. The largest absolute Gasteiger partial charge is 2.00 e. The first kappa shape index (κ1) is 26.4. The van der Waals surface area contributed by atoms with Crippen molar-refractivity contribution in [3.05, 3.63) is 0 Å². The van der Waals surface area contributed by atoms with E-state index in [0.29, 0.717) is 0 Å².